The Morgan fingerprint density at radius 1 is 1.00 bits per heavy atom. The number of aryl methyl sites for hydroxylation is 3. The lowest BCUT2D eigenvalue weighted by molar-refractivity contribution is 0.0694. The van der Waals surface area contributed by atoms with Crippen LogP contribution in [0.5, 0.6) is 11.5 Å². The average Bonchev–Trinajstić information content (AvgIpc) is 2.66. The van der Waals surface area contributed by atoms with E-state index in [9.17, 15) is 18.3 Å². The minimum absolute atomic E-state index is 0.157. The molecule has 3 rings (SSSR count). The zero-order chi connectivity index (χ0) is 21.3. The van der Waals surface area contributed by atoms with E-state index in [0.29, 0.717) is 10.6 Å². The second-order valence-corrected chi connectivity index (χ2v) is 9.18. The number of carbonyl (C=O) groups excluding carboxylic acids is 1. The van der Waals surface area contributed by atoms with Crippen LogP contribution in [-0.2, 0) is 10.0 Å². The number of amides is 1. The summed E-state index contributed by atoms with van der Waals surface area (Å²) in [6, 6.07) is 8.24. The van der Waals surface area contributed by atoms with Crippen LogP contribution in [0.25, 0.3) is 0 Å². The fraction of sp³-hybridized carbons (Fsp3) is 0.381. The third kappa shape index (κ3) is 4.09. The molecule has 1 aliphatic heterocycles. The molecule has 156 valence electrons. The van der Waals surface area contributed by atoms with Crippen molar-refractivity contribution >= 4 is 15.9 Å². The molecule has 0 unspecified atom stereocenters. The van der Waals surface area contributed by atoms with E-state index < -0.39 is 10.0 Å². The zero-order valence-corrected chi connectivity index (χ0v) is 17.9. The lowest BCUT2D eigenvalue weighted by Gasteiger charge is -2.34. The Bertz CT molecular complexity index is 1020. The lowest BCUT2D eigenvalue weighted by Crippen LogP contribution is -2.50. The summed E-state index contributed by atoms with van der Waals surface area (Å²) in [6.07, 6.45) is 0. The second-order valence-electron chi connectivity index (χ2n) is 7.31. The van der Waals surface area contributed by atoms with Gasteiger partial charge in [0.2, 0.25) is 10.0 Å². The number of nitrogens with zero attached hydrogens (tertiary/aromatic N) is 2. The Kier molecular flexibility index (Phi) is 5.86. The van der Waals surface area contributed by atoms with Crippen molar-refractivity contribution in [2.24, 2.45) is 0 Å². The summed E-state index contributed by atoms with van der Waals surface area (Å²) in [4.78, 5) is 14.7. The van der Waals surface area contributed by atoms with E-state index in [1.807, 2.05) is 19.1 Å². The molecule has 0 saturated carbocycles. The first kappa shape index (κ1) is 21.1. The van der Waals surface area contributed by atoms with Crippen LogP contribution in [-0.4, -0.2) is 61.9 Å². The van der Waals surface area contributed by atoms with Crippen LogP contribution < -0.4 is 4.74 Å². The fourth-order valence-electron chi connectivity index (χ4n) is 3.82. The number of hydrogen-bond acceptors (Lipinski definition) is 5. The highest BCUT2D eigenvalue weighted by Crippen LogP contribution is 2.28. The molecule has 1 fully saturated rings. The van der Waals surface area contributed by atoms with E-state index in [0.717, 1.165) is 16.7 Å². The monoisotopic (exact) mass is 418 g/mol. The number of phenolic OH excluding ortho intramolecular Hbond substituents is 1. The molecule has 1 N–H and O–H groups in total. The predicted octanol–water partition coefficient (Wildman–Crippen LogP) is 2.47. The number of piperazine rings is 1. The van der Waals surface area contributed by atoms with Gasteiger partial charge in [-0.25, -0.2) is 8.42 Å². The fourth-order valence-corrected chi connectivity index (χ4v) is 5.66. The minimum atomic E-state index is -3.64. The molecule has 0 atom stereocenters. The van der Waals surface area contributed by atoms with Crippen LogP contribution >= 0.6 is 0 Å². The molecule has 0 radical (unpaired) electrons. The molecule has 1 aliphatic rings. The van der Waals surface area contributed by atoms with Gasteiger partial charge in [-0.3, -0.25) is 4.79 Å². The quantitative estimate of drug-likeness (QED) is 0.824. The first-order valence-corrected chi connectivity index (χ1v) is 10.8. The van der Waals surface area contributed by atoms with Gasteiger partial charge >= 0.3 is 0 Å². The molecule has 0 bridgehead atoms. The van der Waals surface area contributed by atoms with E-state index in [1.54, 1.807) is 24.8 Å². The van der Waals surface area contributed by atoms with Gasteiger partial charge in [0.15, 0.2) is 0 Å². The average molecular weight is 419 g/mol. The molecule has 8 heteroatoms. The number of rotatable bonds is 4. The Morgan fingerprint density at radius 3 is 2.10 bits per heavy atom. The Balaban J connectivity index is 1.76. The van der Waals surface area contributed by atoms with Crippen LogP contribution in [0, 0.1) is 20.8 Å². The molecule has 2 aromatic carbocycles. The molecular weight excluding hydrogens is 392 g/mol. The van der Waals surface area contributed by atoms with Crippen molar-refractivity contribution in [1.82, 2.24) is 9.21 Å². The van der Waals surface area contributed by atoms with Gasteiger partial charge in [-0.1, -0.05) is 17.7 Å². The van der Waals surface area contributed by atoms with E-state index in [-0.39, 0.29) is 43.4 Å². The normalized spacial score (nSPS) is 15.4. The third-order valence-electron chi connectivity index (χ3n) is 5.16. The number of benzene rings is 2. The van der Waals surface area contributed by atoms with Crippen LogP contribution in [0.4, 0.5) is 0 Å². The highest BCUT2D eigenvalue weighted by molar-refractivity contribution is 7.89. The largest absolute Gasteiger partial charge is 0.507 e. The highest BCUT2D eigenvalue weighted by Gasteiger charge is 2.32. The van der Waals surface area contributed by atoms with Gasteiger partial charge in [0.1, 0.15) is 11.5 Å². The van der Waals surface area contributed by atoms with Gasteiger partial charge in [0, 0.05) is 32.2 Å². The van der Waals surface area contributed by atoms with E-state index in [1.165, 1.54) is 23.5 Å². The van der Waals surface area contributed by atoms with Crippen molar-refractivity contribution in [2.75, 3.05) is 33.3 Å². The number of aromatic hydroxyl groups is 1. The molecule has 29 heavy (non-hydrogen) atoms. The number of methoxy groups -OCH3 is 1. The molecule has 1 heterocycles. The molecule has 7 nitrogen and oxygen atoms in total. The van der Waals surface area contributed by atoms with Gasteiger partial charge in [-0.2, -0.15) is 4.31 Å². The summed E-state index contributed by atoms with van der Waals surface area (Å²) in [5.41, 5.74) is 2.65. The smallest absolute Gasteiger partial charge is 0.257 e. The first-order valence-electron chi connectivity index (χ1n) is 9.39. The molecule has 2 aromatic rings. The zero-order valence-electron chi connectivity index (χ0n) is 17.1. The first-order chi connectivity index (χ1) is 13.6. The van der Waals surface area contributed by atoms with Gasteiger partial charge < -0.3 is 14.7 Å². The van der Waals surface area contributed by atoms with Gasteiger partial charge in [-0.15, -0.1) is 0 Å². The molecule has 1 saturated heterocycles. The second kappa shape index (κ2) is 8.04. The maximum absolute atomic E-state index is 13.2. The SMILES string of the molecule is COc1ccc(C(=O)N2CCN(S(=O)(=O)c3c(C)cc(C)cc3C)CC2)c(O)c1. The van der Waals surface area contributed by atoms with Crippen molar-refractivity contribution in [1.29, 1.82) is 0 Å². The van der Waals surface area contributed by atoms with E-state index >= 15 is 0 Å². The van der Waals surface area contributed by atoms with Crippen LogP contribution in [0.2, 0.25) is 0 Å². The van der Waals surface area contributed by atoms with Crippen molar-refractivity contribution in [3.05, 3.63) is 52.6 Å². The molecular formula is C21H26N2O5S. The summed E-state index contributed by atoms with van der Waals surface area (Å²) >= 11 is 0. The number of carbonyl (C=O) groups is 1. The van der Waals surface area contributed by atoms with E-state index in [2.05, 4.69) is 0 Å². The Labute approximate surface area is 171 Å². The Morgan fingerprint density at radius 2 is 1.59 bits per heavy atom. The summed E-state index contributed by atoms with van der Waals surface area (Å²) in [5.74, 6) is -0.0287. The molecule has 1 amide bonds. The summed E-state index contributed by atoms with van der Waals surface area (Å²) in [7, 11) is -2.16. The topological polar surface area (TPSA) is 87.2 Å². The van der Waals surface area contributed by atoms with Crippen molar-refractivity contribution in [3.8, 4) is 11.5 Å². The summed E-state index contributed by atoms with van der Waals surface area (Å²) in [6.45, 7) is 6.48. The van der Waals surface area contributed by atoms with Gasteiger partial charge in [-0.05, 0) is 44.0 Å². The van der Waals surface area contributed by atoms with Crippen LogP contribution in [0.3, 0.4) is 0 Å². The summed E-state index contributed by atoms with van der Waals surface area (Å²) < 4.78 is 32.8. The van der Waals surface area contributed by atoms with Gasteiger partial charge in [0.25, 0.3) is 5.91 Å². The van der Waals surface area contributed by atoms with E-state index in [4.69, 9.17) is 4.74 Å². The lowest BCUT2D eigenvalue weighted by atomic mass is 10.1. The predicted molar refractivity (Wildman–Crippen MR) is 110 cm³/mol. The van der Waals surface area contributed by atoms with Crippen molar-refractivity contribution < 1.29 is 23.1 Å². The minimum Gasteiger partial charge on any atom is -0.507 e. The number of sulfonamides is 1. The Hall–Kier alpha value is -2.58. The third-order valence-corrected chi connectivity index (χ3v) is 7.37. The molecule has 0 spiro atoms. The maximum Gasteiger partial charge on any atom is 0.257 e. The van der Waals surface area contributed by atoms with Crippen molar-refractivity contribution in [3.63, 3.8) is 0 Å². The van der Waals surface area contributed by atoms with Crippen molar-refractivity contribution in [2.45, 2.75) is 25.7 Å². The van der Waals surface area contributed by atoms with Crippen LogP contribution in [0.15, 0.2) is 35.2 Å². The van der Waals surface area contributed by atoms with Crippen LogP contribution in [0.1, 0.15) is 27.0 Å². The number of ether oxygens (including phenoxy) is 1. The molecule has 0 aromatic heterocycles. The van der Waals surface area contributed by atoms with Gasteiger partial charge in [0.05, 0.1) is 17.6 Å². The maximum atomic E-state index is 13.2. The highest BCUT2D eigenvalue weighted by atomic mass is 32.2. The standard InChI is InChI=1S/C21H26N2O5S/c1-14-11-15(2)20(16(3)12-14)29(26,27)23-9-7-22(8-10-23)21(25)18-6-5-17(28-4)13-19(18)24/h5-6,11-13,24H,7-10H2,1-4H3. The summed E-state index contributed by atoms with van der Waals surface area (Å²) in [5, 5.41) is 10.1. The number of phenols is 1. The number of hydrogen-bond donors (Lipinski definition) is 1. The molecule has 0 aliphatic carbocycles.